The molecule has 2 atom stereocenters. The Labute approximate surface area is 92.3 Å². The summed E-state index contributed by atoms with van der Waals surface area (Å²) in [5, 5.41) is 0. The number of hydrogen-bond donors (Lipinski definition) is 1. The van der Waals surface area contributed by atoms with Crippen molar-refractivity contribution in [2.24, 2.45) is 11.7 Å². The molecule has 0 spiro atoms. The summed E-state index contributed by atoms with van der Waals surface area (Å²) in [5.74, 6) is 0.629. The number of hydrogen-bond acceptors (Lipinski definition) is 2. The summed E-state index contributed by atoms with van der Waals surface area (Å²) < 4.78 is 0. The Kier molecular flexibility index (Phi) is 4.82. The van der Waals surface area contributed by atoms with Crippen molar-refractivity contribution in [2.45, 2.75) is 39.2 Å². The summed E-state index contributed by atoms with van der Waals surface area (Å²) >= 11 is 0. The van der Waals surface area contributed by atoms with E-state index < -0.39 is 0 Å². The maximum Gasteiger partial charge on any atom is 0.246 e. The molecule has 86 valence electrons. The van der Waals surface area contributed by atoms with Crippen molar-refractivity contribution < 1.29 is 4.79 Å². The Hall–Kier alpha value is -0.830. The van der Waals surface area contributed by atoms with Gasteiger partial charge < -0.3 is 10.6 Å². The van der Waals surface area contributed by atoms with Gasteiger partial charge in [-0.15, -0.1) is 0 Å². The van der Waals surface area contributed by atoms with Crippen LogP contribution in [-0.2, 0) is 4.79 Å². The van der Waals surface area contributed by atoms with E-state index in [1.54, 1.807) is 12.2 Å². The molecule has 3 nitrogen and oxygen atoms in total. The normalized spacial score (nSPS) is 26.1. The molecule has 0 radical (unpaired) electrons. The van der Waals surface area contributed by atoms with Crippen LogP contribution in [0.2, 0.25) is 0 Å². The number of carbonyl (C=O) groups is 1. The van der Waals surface area contributed by atoms with E-state index in [0.717, 1.165) is 13.0 Å². The first-order valence-electron chi connectivity index (χ1n) is 5.87. The lowest BCUT2D eigenvalue weighted by Gasteiger charge is -2.31. The smallest absolute Gasteiger partial charge is 0.246 e. The monoisotopic (exact) mass is 210 g/mol. The molecule has 2 unspecified atom stereocenters. The number of nitrogens with two attached hydrogens (primary N) is 1. The molecule has 2 N–H and O–H groups in total. The molecule has 0 aromatic carbocycles. The predicted octanol–water partition coefficient (Wildman–Crippen LogP) is 1.54. The first-order chi connectivity index (χ1) is 7.24. The zero-order chi connectivity index (χ0) is 11.3. The molecule has 1 rings (SSSR count). The maximum absolute atomic E-state index is 11.8. The Morgan fingerprint density at radius 3 is 2.80 bits per heavy atom. The van der Waals surface area contributed by atoms with E-state index in [2.05, 4.69) is 0 Å². The molecule has 0 aliphatic heterocycles. The summed E-state index contributed by atoms with van der Waals surface area (Å²) in [6.45, 7) is 5.39. The van der Waals surface area contributed by atoms with Gasteiger partial charge in [-0.25, -0.2) is 0 Å². The largest absolute Gasteiger partial charge is 0.336 e. The lowest BCUT2D eigenvalue weighted by atomic mass is 10.0. The van der Waals surface area contributed by atoms with Crippen LogP contribution in [0.3, 0.4) is 0 Å². The van der Waals surface area contributed by atoms with Crippen LogP contribution < -0.4 is 5.73 Å². The fourth-order valence-electron chi connectivity index (χ4n) is 2.49. The van der Waals surface area contributed by atoms with Gasteiger partial charge in [0.2, 0.25) is 5.91 Å². The highest BCUT2D eigenvalue weighted by molar-refractivity contribution is 5.87. The van der Waals surface area contributed by atoms with E-state index in [1.165, 1.54) is 12.8 Å². The summed E-state index contributed by atoms with van der Waals surface area (Å²) in [5.41, 5.74) is 5.73. The van der Waals surface area contributed by atoms with E-state index in [0.29, 0.717) is 18.5 Å². The van der Waals surface area contributed by atoms with Gasteiger partial charge >= 0.3 is 0 Å². The molecule has 1 amide bonds. The van der Waals surface area contributed by atoms with Gasteiger partial charge in [-0.2, -0.15) is 0 Å². The molecule has 1 fully saturated rings. The molecule has 15 heavy (non-hydrogen) atoms. The molecule has 1 aliphatic rings. The number of amides is 1. The second kappa shape index (κ2) is 5.91. The van der Waals surface area contributed by atoms with Crippen LogP contribution in [-0.4, -0.2) is 29.9 Å². The van der Waals surface area contributed by atoms with Gasteiger partial charge in [-0.3, -0.25) is 4.79 Å². The molecule has 0 saturated heterocycles. The van der Waals surface area contributed by atoms with E-state index in [4.69, 9.17) is 5.73 Å². The van der Waals surface area contributed by atoms with Crippen molar-refractivity contribution in [2.75, 3.05) is 13.1 Å². The van der Waals surface area contributed by atoms with Gasteiger partial charge in [0, 0.05) is 12.6 Å². The Morgan fingerprint density at radius 1 is 1.53 bits per heavy atom. The molecule has 0 bridgehead atoms. The minimum Gasteiger partial charge on any atom is -0.336 e. The van der Waals surface area contributed by atoms with Crippen molar-refractivity contribution in [3.8, 4) is 0 Å². The standard InChI is InChI=1S/C12H22N2O/c1-3-6-12(15)14(4-2)11-8-5-7-10(11)9-13/h3,6,10-11H,4-5,7-9,13H2,1-2H3. The van der Waals surface area contributed by atoms with Gasteiger partial charge in [0.05, 0.1) is 0 Å². The summed E-state index contributed by atoms with van der Waals surface area (Å²) in [7, 11) is 0. The average Bonchev–Trinajstić information content (AvgIpc) is 2.67. The number of allylic oxidation sites excluding steroid dienone is 1. The molecule has 3 heteroatoms. The predicted molar refractivity (Wildman–Crippen MR) is 62.4 cm³/mol. The molecule has 0 heterocycles. The van der Waals surface area contributed by atoms with Crippen molar-refractivity contribution >= 4 is 5.91 Å². The number of nitrogens with zero attached hydrogens (tertiary/aromatic N) is 1. The first-order valence-corrected chi connectivity index (χ1v) is 5.87. The second-order valence-electron chi connectivity index (χ2n) is 4.12. The van der Waals surface area contributed by atoms with Crippen LogP contribution in [0.1, 0.15) is 33.1 Å². The number of likely N-dealkylation sites (N-methyl/N-ethyl adjacent to an activating group) is 1. The van der Waals surface area contributed by atoms with Crippen LogP contribution in [0.5, 0.6) is 0 Å². The van der Waals surface area contributed by atoms with Crippen molar-refractivity contribution in [1.82, 2.24) is 4.90 Å². The average molecular weight is 210 g/mol. The molecule has 1 saturated carbocycles. The zero-order valence-electron chi connectivity index (χ0n) is 9.78. The maximum atomic E-state index is 11.8. The SMILES string of the molecule is CC=CC(=O)N(CC)C1CCCC1CN. The highest BCUT2D eigenvalue weighted by atomic mass is 16.2. The lowest BCUT2D eigenvalue weighted by Crippen LogP contribution is -2.43. The van der Waals surface area contributed by atoms with Gasteiger partial charge in [0.25, 0.3) is 0 Å². The van der Waals surface area contributed by atoms with Crippen LogP contribution in [0.4, 0.5) is 0 Å². The third-order valence-electron chi connectivity index (χ3n) is 3.26. The fourth-order valence-corrected chi connectivity index (χ4v) is 2.49. The van der Waals surface area contributed by atoms with E-state index in [1.807, 2.05) is 18.7 Å². The third kappa shape index (κ3) is 2.81. The van der Waals surface area contributed by atoms with Crippen LogP contribution >= 0.6 is 0 Å². The van der Waals surface area contributed by atoms with Gasteiger partial charge in [0.1, 0.15) is 0 Å². The quantitative estimate of drug-likeness (QED) is 0.715. The van der Waals surface area contributed by atoms with Crippen molar-refractivity contribution in [3.05, 3.63) is 12.2 Å². The number of carbonyl (C=O) groups excluding carboxylic acids is 1. The van der Waals surface area contributed by atoms with Crippen LogP contribution in [0.25, 0.3) is 0 Å². The Balaban J connectivity index is 2.68. The van der Waals surface area contributed by atoms with Crippen molar-refractivity contribution in [3.63, 3.8) is 0 Å². The Morgan fingerprint density at radius 2 is 2.27 bits per heavy atom. The Bertz CT molecular complexity index is 238. The van der Waals surface area contributed by atoms with E-state index in [-0.39, 0.29) is 5.91 Å². The van der Waals surface area contributed by atoms with E-state index in [9.17, 15) is 4.79 Å². The van der Waals surface area contributed by atoms with Crippen molar-refractivity contribution in [1.29, 1.82) is 0 Å². The lowest BCUT2D eigenvalue weighted by molar-refractivity contribution is -0.128. The van der Waals surface area contributed by atoms with Crippen LogP contribution in [0, 0.1) is 5.92 Å². The molecular weight excluding hydrogens is 188 g/mol. The molecule has 0 aromatic heterocycles. The number of rotatable bonds is 4. The minimum atomic E-state index is 0.130. The van der Waals surface area contributed by atoms with E-state index >= 15 is 0 Å². The topological polar surface area (TPSA) is 46.3 Å². The van der Waals surface area contributed by atoms with Gasteiger partial charge in [-0.05, 0) is 45.2 Å². The fraction of sp³-hybridized carbons (Fsp3) is 0.750. The zero-order valence-corrected chi connectivity index (χ0v) is 9.78. The van der Waals surface area contributed by atoms with Crippen LogP contribution in [0.15, 0.2) is 12.2 Å². The highest BCUT2D eigenvalue weighted by Gasteiger charge is 2.32. The van der Waals surface area contributed by atoms with Gasteiger partial charge in [-0.1, -0.05) is 12.5 Å². The third-order valence-corrected chi connectivity index (χ3v) is 3.26. The second-order valence-corrected chi connectivity index (χ2v) is 4.12. The molecule has 0 aromatic rings. The summed E-state index contributed by atoms with van der Waals surface area (Å²) in [4.78, 5) is 13.8. The van der Waals surface area contributed by atoms with Gasteiger partial charge in [0.15, 0.2) is 0 Å². The summed E-state index contributed by atoms with van der Waals surface area (Å²) in [6, 6.07) is 0.365. The molecular formula is C12H22N2O. The highest BCUT2D eigenvalue weighted by Crippen LogP contribution is 2.29. The summed E-state index contributed by atoms with van der Waals surface area (Å²) in [6.07, 6.45) is 6.93. The molecule has 1 aliphatic carbocycles. The minimum absolute atomic E-state index is 0.130. The first kappa shape index (κ1) is 12.2.